The lowest BCUT2D eigenvalue weighted by atomic mass is 10.1. The molecule has 0 fully saturated rings. The summed E-state index contributed by atoms with van der Waals surface area (Å²) in [5, 5.41) is 2.41. The fourth-order valence-electron chi connectivity index (χ4n) is 3.43. The molecule has 0 spiro atoms. The quantitative estimate of drug-likeness (QED) is 0.365. The maximum absolute atomic E-state index is 6.92. The fraction of sp³-hybridized carbons (Fsp3) is 0.500. The third-order valence-corrected chi connectivity index (χ3v) is 8.40. The summed E-state index contributed by atoms with van der Waals surface area (Å²) >= 11 is 0. The molecule has 0 N–H and O–H groups in total. The first-order chi connectivity index (χ1) is 13.1. The predicted molar refractivity (Wildman–Crippen MR) is 118 cm³/mol. The van der Waals surface area contributed by atoms with E-state index in [-0.39, 0.29) is 6.10 Å². The smallest absolute Gasteiger partial charge is 0.388 e. The van der Waals surface area contributed by atoms with Crippen LogP contribution in [0.1, 0.15) is 59.8 Å². The van der Waals surface area contributed by atoms with Crippen molar-refractivity contribution in [2.24, 2.45) is 5.92 Å². The van der Waals surface area contributed by atoms with E-state index in [1.54, 1.807) is 0 Å². The van der Waals surface area contributed by atoms with Gasteiger partial charge in [0.15, 0.2) is 0 Å². The lowest BCUT2D eigenvalue weighted by Crippen LogP contribution is -2.64. The van der Waals surface area contributed by atoms with Gasteiger partial charge in [-0.15, -0.1) is 0 Å². The van der Waals surface area contributed by atoms with Crippen LogP contribution in [0, 0.1) is 5.92 Å². The van der Waals surface area contributed by atoms with E-state index >= 15 is 0 Å². The topological polar surface area (TPSA) is 18.5 Å². The van der Waals surface area contributed by atoms with Crippen molar-refractivity contribution in [3.63, 3.8) is 0 Å². The van der Waals surface area contributed by atoms with Crippen LogP contribution in [0.4, 0.5) is 0 Å². The Labute approximate surface area is 167 Å². The molecule has 0 saturated carbocycles. The molecule has 0 aliphatic carbocycles. The van der Waals surface area contributed by atoms with E-state index in [0.29, 0.717) is 5.92 Å². The minimum Gasteiger partial charge on any atom is -0.388 e. The van der Waals surface area contributed by atoms with Crippen LogP contribution >= 0.6 is 0 Å². The van der Waals surface area contributed by atoms with Gasteiger partial charge in [-0.2, -0.15) is 0 Å². The molecule has 0 bridgehead atoms. The maximum Gasteiger partial charge on any atom is 0.407 e. The third kappa shape index (κ3) is 6.30. The van der Waals surface area contributed by atoms with Crippen LogP contribution in [0.25, 0.3) is 0 Å². The van der Waals surface area contributed by atoms with Gasteiger partial charge in [0, 0.05) is 12.7 Å². The molecule has 2 aromatic carbocycles. The minimum atomic E-state index is -2.74. The number of hydrogen-bond acceptors (Lipinski definition) is 2. The van der Waals surface area contributed by atoms with Gasteiger partial charge in [0.25, 0.3) is 0 Å². The maximum atomic E-state index is 6.92. The highest BCUT2D eigenvalue weighted by molar-refractivity contribution is 6.92. The molecule has 3 heteroatoms. The van der Waals surface area contributed by atoms with Crippen LogP contribution in [-0.4, -0.2) is 21.3 Å². The van der Waals surface area contributed by atoms with E-state index in [1.807, 2.05) is 0 Å². The second-order valence-corrected chi connectivity index (χ2v) is 10.6. The van der Waals surface area contributed by atoms with E-state index in [0.717, 1.165) is 32.3 Å². The van der Waals surface area contributed by atoms with Gasteiger partial charge in [-0.25, -0.2) is 0 Å². The van der Waals surface area contributed by atoms with Crippen molar-refractivity contribution in [3.8, 4) is 0 Å². The van der Waals surface area contributed by atoms with E-state index < -0.39 is 8.56 Å². The van der Waals surface area contributed by atoms with Gasteiger partial charge in [0.1, 0.15) is 0 Å². The summed E-state index contributed by atoms with van der Waals surface area (Å²) < 4.78 is 13.7. The van der Waals surface area contributed by atoms with Crippen molar-refractivity contribution in [2.45, 2.75) is 65.9 Å². The highest BCUT2D eigenvalue weighted by Gasteiger charge is 2.44. The summed E-state index contributed by atoms with van der Waals surface area (Å²) in [5.41, 5.74) is 0. The van der Waals surface area contributed by atoms with Crippen molar-refractivity contribution in [1.82, 2.24) is 0 Å². The van der Waals surface area contributed by atoms with Crippen molar-refractivity contribution < 1.29 is 8.85 Å². The molecule has 148 valence electrons. The first-order valence-electron chi connectivity index (χ1n) is 10.5. The molecule has 1 unspecified atom stereocenters. The molecule has 0 amide bonds. The Bertz CT molecular complexity index is 588. The number of benzene rings is 2. The van der Waals surface area contributed by atoms with Crippen LogP contribution in [0.5, 0.6) is 0 Å². The molecular formula is C24H36O2Si. The first-order valence-corrected chi connectivity index (χ1v) is 12.4. The zero-order valence-electron chi connectivity index (χ0n) is 17.5. The molecule has 0 aliphatic rings. The summed E-state index contributed by atoms with van der Waals surface area (Å²) in [6.07, 6.45) is 5.69. The van der Waals surface area contributed by atoms with Gasteiger partial charge in [-0.1, -0.05) is 94.8 Å². The predicted octanol–water partition coefficient (Wildman–Crippen LogP) is 5.29. The molecule has 0 heterocycles. The fourth-order valence-corrected chi connectivity index (χ4v) is 6.88. The highest BCUT2D eigenvalue weighted by atomic mass is 28.4. The Morgan fingerprint density at radius 3 is 1.81 bits per heavy atom. The SMILES string of the molecule is CCCC(CC)O[Si](OCCCC(C)C)(c1ccccc1)c1ccccc1. The van der Waals surface area contributed by atoms with Crippen LogP contribution in [0.3, 0.4) is 0 Å². The Morgan fingerprint density at radius 2 is 1.37 bits per heavy atom. The summed E-state index contributed by atoms with van der Waals surface area (Å²) in [6.45, 7) is 9.72. The number of rotatable bonds is 12. The molecular weight excluding hydrogens is 348 g/mol. The average molecular weight is 385 g/mol. The van der Waals surface area contributed by atoms with E-state index in [9.17, 15) is 0 Å². The molecule has 2 nitrogen and oxygen atoms in total. The summed E-state index contributed by atoms with van der Waals surface area (Å²) in [5.74, 6) is 0.697. The third-order valence-electron chi connectivity index (χ3n) is 4.94. The van der Waals surface area contributed by atoms with Crippen LogP contribution in [-0.2, 0) is 8.85 Å². The van der Waals surface area contributed by atoms with Crippen LogP contribution < -0.4 is 10.4 Å². The van der Waals surface area contributed by atoms with Crippen molar-refractivity contribution in [3.05, 3.63) is 60.7 Å². The van der Waals surface area contributed by atoms with Gasteiger partial charge >= 0.3 is 8.56 Å². The second kappa shape index (κ2) is 11.4. The molecule has 0 aliphatic heterocycles. The Kier molecular flexibility index (Phi) is 9.26. The first kappa shape index (κ1) is 21.9. The molecule has 2 rings (SSSR count). The highest BCUT2D eigenvalue weighted by Crippen LogP contribution is 2.18. The van der Waals surface area contributed by atoms with Crippen LogP contribution in [0.15, 0.2) is 60.7 Å². The van der Waals surface area contributed by atoms with Crippen molar-refractivity contribution in [1.29, 1.82) is 0 Å². The van der Waals surface area contributed by atoms with Gasteiger partial charge < -0.3 is 8.85 Å². The second-order valence-electron chi connectivity index (χ2n) is 7.67. The molecule has 0 radical (unpaired) electrons. The Balaban J connectivity index is 2.41. The zero-order chi connectivity index (χ0) is 19.5. The zero-order valence-corrected chi connectivity index (χ0v) is 18.5. The minimum absolute atomic E-state index is 0.229. The monoisotopic (exact) mass is 384 g/mol. The van der Waals surface area contributed by atoms with E-state index in [2.05, 4.69) is 88.4 Å². The molecule has 27 heavy (non-hydrogen) atoms. The Morgan fingerprint density at radius 1 is 0.815 bits per heavy atom. The van der Waals surface area contributed by atoms with Gasteiger partial charge in [0.05, 0.1) is 0 Å². The molecule has 1 atom stereocenters. The van der Waals surface area contributed by atoms with Gasteiger partial charge in [-0.05, 0) is 42.0 Å². The van der Waals surface area contributed by atoms with Gasteiger partial charge in [-0.3, -0.25) is 0 Å². The van der Waals surface area contributed by atoms with E-state index in [1.165, 1.54) is 16.8 Å². The average Bonchev–Trinajstić information content (AvgIpc) is 2.71. The van der Waals surface area contributed by atoms with Crippen molar-refractivity contribution >= 4 is 18.9 Å². The molecule has 2 aromatic rings. The largest absolute Gasteiger partial charge is 0.407 e. The summed E-state index contributed by atoms with van der Waals surface area (Å²) in [4.78, 5) is 0. The normalized spacial score (nSPS) is 13.1. The Hall–Kier alpha value is -1.42. The van der Waals surface area contributed by atoms with Crippen LogP contribution in [0.2, 0.25) is 0 Å². The van der Waals surface area contributed by atoms with Crippen molar-refractivity contribution in [2.75, 3.05) is 6.61 Å². The number of hydrogen-bond donors (Lipinski definition) is 0. The summed E-state index contributed by atoms with van der Waals surface area (Å²) in [7, 11) is -2.74. The van der Waals surface area contributed by atoms with E-state index in [4.69, 9.17) is 8.85 Å². The lowest BCUT2D eigenvalue weighted by Gasteiger charge is -2.35. The molecule has 0 aromatic heterocycles. The lowest BCUT2D eigenvalue weighted by molar-refractivity contribution is 0.118. The molecule has 0 saturated heterocycles. The standard InChI is InChI=1S/C24H36O2Si/c1-5-14-22(6-2)26-27(23-16-9-7-10-17-23,24-18-11-8-12-19-24)25-20-13-15-21(3)4/h7-12,16-19,21-22H,5-6,13-15,20H2,1-4H3. The van der Waals surface area contributed by atoms with Gasteiger partial charge in [0.2, 0.25) is 0 Å². The summed E-state index contributed by atoms with van der Waals surface area (Å²) in [6, 6.07) is 21.2.